The summed E-state index contributed by atoms with van der Waals surface area (Å²) in [6.07, 6.45) is 2.66. The standard InChI is InChI=1S/C23H36O4Si/c1-14(2)28(15(3)4,16(5)6)27-23-10-17-8-9-21-20(11-18(24)13-26-21)19(17)12-22(23)25-7/h10,12,14-16,20-21H,8-9,11,13H2,1-7H3. The molecule has 2 aliphatic rings. The van der Waals surface area contributed by atoms with Gasteiger partial charge in [0.25, 0.3) is 8.32 Å². The first-order valence-corrected chi connectivity index (χ1v) is 12.9. The van der Waals surface area contributed by atoms with Gasteiger partial charge >= 0.3 is 0 Å². The highest BCUT2D eigenvalue weighted by molar-refractivity contribution is 6.78. The SMILES string of the molecule is COc1cc2c(cc1O[Si](C(C)C)(C(C)C)C(C)C)CCC1OCC(=O)CC21. The predicted molar refractivity (Wildman–Crippen MR) is 115 cm³/mol. The Morgan fingerprint density at radius 1 is 1.04 bits per heavy atom. The maximum absolute atomic E-state index is 12.0. The van der Waals surface area contributed by atoms with Gasteiger partial charge in [-0.3, -0.25) is 4.79 Å². The lowest BCUT2D eigenvalue weighted by atomic mass is 9.77. The molecule has 28 heavy (non-hydrogen) atoms. The highest BCUT2D eigenvalue weighted by atomic mass is 28.4. The number of hydrogen-bond acceptors (Lipinski definition) is 4. The first-order chi connectivity index (χ1) is 13.2. The molecule has 1 aliphatic carbocycles. The van der Waals surface area contributed by atoms with E-state index in [9.17, 15) is 4.79 Å². The van der Waals surface area contributed by atoms with Gasteiger partial charge in [-0.2, -0.15) is 0 Å². The molecule has 0 radical (unpaired) electrons. The molecule has 1 saturated heterocycles. The van der Waals surface area contributed by atoms with Crippen LogP contribution in [0.25, 0.3) is 0 Å². The molecule has 0 spiro atoms. The minimum Gasteiger partial charge on any atom is -0.540 e. The van der Waals surface area contributed by atoms with Gasteiger partial charge in [-0.05, 0) is 52.7 Å². The van der Waals surface area contributed by atoms with Crippen molar-refractivity contribution in [2.45, 2.75) is 89.5 Å². The van der Waals surface area contributed by atoms with Crippen LogP contribution in [-0.2, 0) is 16.0 Å². The third-order valence-electron chi connectivity index (χ3n) is 6.87. The number of fused-ring (bicyclic) bond motifs is 3. The molecule has 1 aliphatic heterocycles. The summed E-state index contributed by atoms with van der Waals surface area (Å²) in [4.78, 5) is 12.0. The molecule has 0 saturated carbocycles. The summed E-state index contributed by atoms with van der Waals surface area (Å²) in [7, 11) is -0.357. The molecular weight excluding hydrogens is 368 g/mol. The minimum atomic E-state index is -2.07. The van der Waals surface area contributed by atoms with Crippen molar-refractivity contribution in [1.29, 1.82) is 0 Å². The molecule has 2 unspecified atom stereocenters. The van der Waals surface area contributed by atoms with Crippen molar-refractivity contribution in [3.8, 4) is 11.5 Å². The third-order valence-corrected chi connectivity index (χ3v) is 12.9. The van der Waals surface area contributed by atoms with Crippen LogP contribution < -0.4 is 9.16 Å². The Morgan fingerprint density at radius 3 is 2.25 bits per heavy atom. The summed E-state index contributed by atoms with van der Waals surface area (Å²) in [6.45, 7) is 14.1. The highest BCUT2D eigenvalue weighted by Crippen LogP contribution is 2.47. The molecule has 1 fully saturated rings. The Hall–Kier alpha value is -1.33. The van der Waals surface area contributed by atoms with E-state index >= 15 is 0 Å². The average Bonchev–Trinajstić information content (AvgIpc) is 2.64. The lowest BCUT2D eigenvalue weighted by Gasteiger charge is -2.43. The lowest BCUT2D eigenvalue weighted by Crippen LogP contribution is -2.50. The molecule has 0 amide bonds. The summed E-state index contributed by atoms with van der Waals surface area (Å²) < 4.78 is 18.5. The van der Waals surface area contributed by atoms with Gasteiger partial charge in [-0.15, -0.1) is 0 Å². The number of carbonyl (C=O) groups is 1. The molecule has 0 aromatic heterocycles. The number of rotatable bonds is 6. The zero-order valence-electron chi connectivity index (χ0n) is 18.5. The van der Waals surface area contributed by atoms with Crippen molar-refractivity contribution < 1.29 is 18.7 Å². The smallest absolute Gasteiger partial charge is 0.258 e. The van der Waals surface area contributed by atoms with Crippen LogP contribution in [0.15, 0.2) is 12.1 Å². The number of benzene rings is 1. The zero-order chi connectivity index (χ0) is 20.6. The largest absolute Gasteiger partial charge is 0.540 e. The predicted octanol–water partition coefficient (Wildman–Crippen LogP) is 5.64. The Kier molecular flexibility index (Phi) is 6.25. The van der Waals surface area contributed by atoms with Crippen molar-refractivity contribution in [3.63, 3.8) is 0 Å². The lowest BCUT2D eigenvalue weighted by molar-refractivity contribution is -0.133. The van der Waals surface area contributed by atoms with Gasteiger partial charge in [-0.25, -0.2) is 0 Å². The summed E-state index contributed by atoms with van der Waals surface area (Å²) in [5, 5.41) is 0. The monoisotopic (exact) mass is 404 g/mol. The summed E-state index contributed by atoms with van der Waals surface area (Å²) in [5.74, 6) is 2.01. The topological polar surface area (TPSA) is 44.8 Å². The highest BCUT2D eigenvalue weighted by Gasteiger charge is 2.47. The van der Waals surface area contributed by atoms with Crippen LogP contribution in [0.4, 0.5) is 0 Å². The third kappa shape index (κ3) is 3.63. The molecular formula is C23H36O4Si. The van der Waals surface area contributed by atoms with E-state index in [1.807, 2.05) is 0 Å². The first-order valence-electron chi connectivity index (χ1n) is 10.7. The van der Waals surface area contributed by atoms with Gasteiger partial charge < -0.3 is 13.9 Å². The summed E-state index contributed by atoms with van der Waals surface area (Å²) in [5.41, 5.74) is 4.00. The zero-order valence-corrected chi connectivity index (χ0v) is 19.5. The normalized spacial score (nSPS) is 22.4. The molecule has 1 aromatic rings. The van der Waals surface area contributed by atoms with Crippen molar-refractivity contribution in [1.82, 2.24) is 0 Å². The van der Waals surface area contributed by atoms with Crippen LogP contribution in [0.5, 0.6) is 11.5 Å². The van der Waals surface area contributed by atoms with Crippen LogP contribution in [0.1, 0.15) is 71.4 Å². The van der Waals surface area contributed by atoms with Gasteiger partial charge in [0.15, 0.2) is 11.5 Å². The maximum atomic E-state index is 12.0. The second-order valence-corrected chi connectivity index (χ2v) is 14.7. The van der Waals surface area contributed by atoms with Gasteiger partial charge in [0.1, 0.15) is 12.4 Å². The van der Waals surface area contributed by atoms with E-state index in [1.165, 1.54) is 11.1 Å². The molecule has 1 aromatic carbocycles. The number of methoxy groups -OCH3 is 1. The summed E-state index contributed by atoms with van der Waals surface area (Å²) >= 11 is 0. The van der Waals surface area contributed by atoms with E-state index in [4.69, 9.17) is 13.9 Å². The number of ether oxygens (including phenoxy) is 2. The Balaban J connectivity index is 2.03. The van der Waals surface area contributed by atoms with Crippen molar-refractivity contribution >= 4 is 14.1 Å². The van der Waals surface area contributed by atoms with Crippen molar-refractivity contribution in [2.75, 3.05) is 13.7 Å². The van der Waals surface area contributed by atoms with Crippen LogP contribution >= 0.6 is 0 Å². The Bertz CT molecular complexity index is 704. The fourth-order valence-corrected chi connectivity index (χ4v) is 10.9. The molecule has 4 nitrogen and oxygen atoms in total. The number of Topliss-reactive ketones (excluding diaryl/α,β-unsaturated/α-hetero) is 1. The van der Waals surface area contributed by atoms with Crippen LogP contribution in [0.3, 0.4) is 0 Å². The molecule has 3 rings (SSSR count). The number of aryl methyl sites for hydroxylation is 1. The van der Waals surface area contributed by atoms with E-state index in [0.717, 1.165) is 24.3 Å². The number of ketones is 1. The molecule has 0 bridgehead atoms. The Morgan fingerprint density at radius 2 is 1.68 bits per heavy atom. The van der Waals surface area contributed by atoms with Gasteiger partial charge in [-0.1, -0.05) is 41.5 Å². The van der Waals surface area contributed by atoms with E-state index in [2.05, 4.69) is 53.7 Å². The second kappa shape index (κ2) is 8.19. The first kappa shape index (κ1) is 21.4. The molecule has 5 heteroatoms. The molecule has 1 heterocycles. The fourth-order valence-electron chi connectivity index (χ4n) is 5.61. The van der Waals surface area contributed by atoms with Crippen LogP contribution in [0.2, 0.25) is 16.6 Å². The van der Waals surface area contributed by atoms with Crippen LogP contribution in [-0.4, -0.2) is 33.9 Å². The maximum Gasteiger partial charge on any atom is 0.258 e. The van der Waals surface area contributed by atoms with Gasteiger partial charge in [0, 0.05) is 12.3 Å². The van der Waals surface area contributed by atoms with E-state index in [-0.39, 0.29) is 24.4 Å². The number of hydrogen-bond donors (Lipinski definition) is 0. The van der Waals surface area contributed by atoms with E-state index in [1.54, 1.807) is 7.11 Å². The molecule has 0 N–H and O–H groups in total. The van der Waals surface area contributed by atoms with E-state index in [0.29, 0.717) is 23.0 Å². The fraction of sp³-hybridized carbons (Fsp3) is 0.696. The van der Waals surface area contributed by atoms with Gasteiger partial charge in [0.05, 0.1) is 13.2 Å². The summed E-state index contributed by atoms with van der Waals surface area (Å²) in [6, 6.07) is 4.31. The van der Waals surface area contributed by atoms with Gasteiger partial charge in [0.2, 0.25) is 0 Å². The number of carbonyl (C=O) groups excluding carboxylic acids is 1. The molecule has 156 valence electrons. The Labute approximate surface area is 171 Å². The minimum absolute atomic E-state index is 0.148. The van der Waals surface area contributed by atoms with Crippen LogP contribution in [0, 0.1) is 0 Å². The second-order valence-electron chi connectivity index (χ2n) is 9.36. The quantitative estimate of drug-likeness (QED) is 0.576. The average molecular weight is 405 g/mol. The van der Waals surface area contributed by atoms with Crippen molar-refractivity contribution in [3.05, 3.63) is 23.3 Å². The van der Waals surface area contributed by atoms with E-state index < -0.39 is 8.32 Å². The molecule has 2 atom stereocenters. The van der Waals surface area contributed by atoms with Crippen molar-refractivity contribution in [2.24, 2.45) is 0 Å².